The van der Waals surface area contributed by atoms with Crippen LogP contribution in [-0.4, -0.2) is 23.8 Å². The molecule has 2 aliphatic rings. The van der Waals surface area contributed by atoms with Gasteiger partial charge in [0.25, 0.3) is 0 Å². The molecule has 1 spiro atoms. The minimum Gasteiger partial charge on any atom is -0.463 e. The lowest BCUT2D eigenvalue weighted by molar-refractivity contribution is -0.149. The van der Waals surface area contributed by atoms with E-state index < -0.39 is 5.60 Å². The minimum absolute atomic E-state index is 0.161. The van der Waals surface area contributed by atoms with E-state index in [2.05, 4.69) is 0 Å². The molecule has 1 aliphatic carbocycles. The van der Waals surface area contributed by atoms with Crippen molar-refractivity contribution in [2.24, 2.45) is 0 Å². The predicted octanol–water partition coefficient (Wildman–Crippen LogP) is 2.43. The zero-order valence-corrected chi connectivity index (χ0v) is 9.67. The molecule has 2 rings (SSSR count). The number of esters is 1. The van der Waals surface area contributed by atoms with Crippen molar-refractivity contribution in [3.05, 3.63) is 0 Å². The van der Waals surface area contributed by atoms with E-state index in [0.717, 1.165) is 19.3 Å². The van der Waals surface area contributed by atoms with Crippen molar-refractivity contribution in [3.8, 4) is 0 Å². The molecule has 0 aromatic rings. The Morgan fingerprint density at radius 2 is 2.00 bits per heavy atom. The maximum Gasteiger partial charge on any atom is 0.341 e. The van der Waals surface area contributed by atoms with Crippen molar-refractivity contribution in [1.82, 2.24) is 0 Å². The molecule has 1 unspecified atom stereocenters. The monoisotopic (exact) mass is 212 g/mol. The van der Waals surface area contributed by atoms with Crippen LogP contribution in [0.2, 0.25) is 0 Å². The zero-order valence-electron chi connectivity index (χ0n) is 9.67. The maximum absolute atomic E-state index is 11.8. The molecule has 1 heterocycles. The Balaban J connectivity index is 1.95. The zero-order chi connectivity index (χ0) is 10.9. The van der Waals surface area contributed by atoms with Gasteiger partial charge in [0.05, 0.1) is 6.61 Å². The highest BCUT2D eigenvalue weighted by Crippen LogP contribution is 2.56. The Morgan fingerprint density at radius 3 is 2.60 bits per heavy atom. The van der Waals surface area contributed by atoms with Gasteiger partial charge in [0.1, 0.15) is 5.60 Å². The summed E-state index contributed by atoms with van der Waals surface area (Å²) in [5.74, 6) is -0.161. The summed E-state index contributed by atoms with van der Waals surface area (Å²) in [6.07, 6.45) is 6.53. The Bertz CT molecular complexity index is 256. The Hall–Kier alpha value is -0.570. The number of rotatable bonds is 3. The van der Waals surface area contributed by atoms with Gasteiger partial charge in [0.2, 0.25) is 0 Å². The fraction of sp³-hybridized carbons (Fsp3) is 0.917. The normalized spacial score (nSPS) is 32.7. The molecule has 0 amide bonds. The second-order valence-electron chi connectivity index (χ2n) is 4.83. The smallest absolute Gasteiger partial charge is 0.341 e. The van der Waals surface area contributed by atoms with Crippen molar-refractivity contribution in [1.29, 1.82) is 0 Å². The lowest BCUT2D eigenvalue weighted by Gasteiger charge is -2.20. The largest absolute Gasteiger partial charge is 0.463 e. The fourth-order valence-electron chi connectivity index (χ4n) is 2.63. The fourth-order valence-corrected chi connectivity index (χ4v) is 2.63. The van der Waals surface area contributed by atoms with Crippen molar-refractivity contribution < 1.29 is 14.3 Å². The lowest BCUT2D eigenvalue weighted by Crippen LogP contribution is -2.34. The summed E-state index contributed by atoms with van der Waals surface area (Å²) < 4.78 is 10.9. The molecule has 15 heavy (non-hydrogen) atoms. The van der Waals surface area contributed by atoms with Gasteiger partial charge < -0.3 is 9.47 Å². The lowest BCUT2D eigenvalue weighted by atomic mass is 9.81. The average Bonchev–Trinajstić information content (AvgIpc) is 2.82. The van der Waals surface area contributed by atoms with Crippen molar-refractivity contribution in [2.45, 2.75) is 63.6 Å². The number of hydrogen-bond acceptors (Lipinski definition) is 3. The van der Waals surface area contributed by atoms with Gasteiger partial charge in [0.15, 0.2) is 5.60 Å². The van der Waals surface area contributed by atoms with Gasteiger partial charge in [-0.15, -0.1) is 0 Å². The second kappa shape index (κ2) is 3.78. The maximum atomic E-state index is 11.8. The minimum atomic E-state index is -0.636. The second-order valence-corrected chi connectivity index (χ2v) is 4.83. The van der Waals surface area contributed by atoms with Gasteiger partial charge in [-0.1, -0.05) is 26.2 Å². The van der Waals surface area contributed by atoms with E-state index in [4.69, 9.17) is 9.47 Å². The highest BCUT2D eigenvalue weighted by Gasteiger charge is 2.71. The molecular formula is C12H20O3. The molecule has 1 saturated heterocycles. The van der Waals surface area contributed by atoms with Crippen LogP contribution in [0.15, 0.2) is 0 Å². The van der Waals surface area contributed by atoms with Crippen molar-refractivity contribution >= 4 is 5.97 Å². The first-order valence-electron chi connectivity index (χ1n) is 6.02. The summed E-state index contributed by atoms with van der Waals surface area (Å²) in [5, 5.41) is 0. The third-order valence-electron chi connectivity index (χ3n) is 3.72. The quantitative estimate of drug-likeness (QED) is 0.532. The number of epoxide rings is 1. The Labute approximate surface area is 91.1 Å². The van der Waals surface area contributed by atoms with Crippen LogP contribution in [0.5, 0.6) is 0 Å². The molecule has 0 aromatic carbocycles. The van der Waals surface area contributed by atoms with Crippen LogP contribution in [0.25, 0.3) is 0 Å². The van der Waals surface area contributed by atoms with Gasteiger partial charge >= 0.3 is 5.97 Å². The first kappa shape index (κ1) is 10.9. The number of ether oxygens (including phenoxy) is 2. The molecule has 3 heteroatoms. The van der Waals surface area contributed by atoms with Crippen LogP contribution in [-0.2, 0) is 14.3 Å². The van der Waals surface area contributed by atoms with Crippen LogP contribution < -0.4 is 0 Å². The van der Waals surface area contributed by atoms with E-state index in [1.807, 2.05) is 13.8 Å². The van der Waals surface area contributed by atoms with E-state index in [1.165, 1.54) is 19.3 Å². The van der Waals surface area contributed by atoms with E-state index in [9.17, 15) is 4.79 Å². The first-order chi connectivity index (χ1) is 7.15. The summed E-state index contributed by atoms with van der Waals surface area (Å²) in [6.45, 7) is 4.39. The van der Waals surface area contributed by atoms with E-state index in [1.54, 1.807) is 0 Å². The molecule has 1 aliphatic heterocycles. The first-order valence-corrected chi connectivity index (χ1v) is 6.02. The average molecular weight is 212 g/mol. The van der Waals surface area contributed by atoms with Crippen LogP contribution in [0.4, 0.5) is 0 Å². The predicted molar refractivity (Wildman–Crippen MR) is 56.6 cm³/mol. The molecule has 0 bridgehead atoms. The Morgan fingerprint density at radius 1 is 1.33 bits per heavy atom. The van der Waals surface area contributed by atoms with Crippen molar-refractivity contribution in [2.75, 3.05) is 6.61 Å². The molecular weight excluding hydrogens is 192 g/mol. The molecule has 3 nitrogen and oxygen atoms in total. The molecule has 0 radical (unpaired) electrons. The number of hydrogen-bond donors (Lipinski definition) is 0. The number of carbonyl (C=O) groups excluding carboxylic acids is 1. The number of carbonyl (C=O) groups is 1. The molecule has 1 saturated carbocycles. The highest BCUT2D eigenvalue weighted by atomic mass is 16.7. The van der Waals surface area contributed by atoms with E-state index in [-0.39, 0.29) is 11.6 Å². The summed E-state index contributed by atoms with van der Waals surface area (Å²) in [5.41, 5.74) is -0.807. The van der Waals surface area contributed by atoms with Gasteiger partial charge in [-0.05, 0) is 26.2 Å². The van der Waals surface area contributed by atoms with E-state index in [0.29, 0.717) is 6.61 Å². The van der Waals surface area contributed by atoms with Crippen LogP contribution >= 0.6 is 0 Å². The summed E-state index contributed by atoms with van der Waals surface area (Å²) in [7, 11) is 0. The SMILES string of the molecule is CCCOC(=O)C1(C)OC12CCCCC2. The topological polar surface area (TPSA) is 38.8 Å². The summed E-state index contributed by atoms with van der Waals surface area (Å²) in [6, 6.07) is 0. The van der Waals surface area contributed by atoms with Gasteiger partial charge in [-0.25, -0.2) is 4.79 Å². The van der Waals surface area contributed by atoms with Crippen molar-refractivity contribution in [3.63, 3.8) is 0 Å². The summed E-state index contributed by atoms with van der Waals surface area (Å²) in [4.78, 5) is 11.8. The third-order valence-corrected chi connectivity index (χ3v) is 3.72. The summed E-state index contributed by atoms with van der Waals surface area (Å²) >= 11 is 0. The van der Waals surface area contributed by atoms with E-state index >= 15 is 0 Å². The molecule has 2 fully saturated rings. The molecule has 0 N–H and O–H groups in total. The van der Waals surface area contributed by atoms with Gasteiger partial charge in [-0.3, -0.25) is 0 Å². The van der Waals surface area contributed by atoms with Gasteiger partial charge in [0, 0.05) is 0 Å². The molecule has 1 atom stereocenters. The van der Waals surface area contributed by atoms with Crippen LogP contribution in [0.3, 0.4) is 0 Å². The standard InChI is InChI=1S/C12H20O3/c1-3-9-14-10(13)11(2)12(15-11)7-5-4-6-8-12/h3-9H2,1-2H3. The van der Waals surface area contributed by atoms with Gasteiger partial charge in [-0.2, -0.15) is 0 Å². The highest BCUT2D eigenvalue weighted by molar-refractivity contribution is 5.84. The molecule has 0 aromatic heterocycles. The van der Waals surface area contributed by atoms with Crippen LogP contribution in [0.1, 0.15) is 52.4 Å². The third kappa shape index (κ3) is 1.67. The Kier molecular flexibility index (Phi) is 2.75. The van der Waals surface area contributed by atoms with Crippen LogP contribution in [0, 0.1) is 0 Å². The molecule has 86 valence electrons.